The maximum atomic E-state index is 12.7. The van der Waals surface area contributed by atoms with Crippen molar-refractivity contribution in [3.05, 3.63) is 39.8 Å². The molecule has 3 rings (SSSR count). The maximum absolute atomic E-state index is 12.7. The number of azide groups is 1. The fourth-order valence-electron chi connectivity index (χ4n) is 3.82. The second-order valence-corrected chi connectivity index (χ2v) is 8.16. The summed E-state index contributed by atoms with van der Waals surface area (Å²) in [6.45, 7) is 2.81. The molecule has 2 aliphatic rings. The number of anilines is 1. The zero-order chi connectivity index (χ0) is 26.5. The molecule has 0 spiro atoms. The molecular formula is C23H30N6O8. The SMILES string of the molecule is [N-]=[N+]=NCCOCCOCCOCCOCC(=O)Nc1ccc2c(c1)CN(C1CCC(=O)NC1=O)C2=O. The van der Waals surface area contributed by atoms with Crippen LogP contribution in [0.5, 0.6) is 0 Å². The molecule has 1 fully saturated rings. The number of hydrogen-bond acceptors (Lipinski definition) is 9. The van der Waals surface area contributed by atoms with E-state index in [1.807, 2.05) is 0 Å². The molecule has 1 unspecified atom stereocenters. The second kappa shape index (κ2) is 14.9. The Kier molecular flexibility index (Phi) is 11.3. The fourth-order valence-corrected chi connectivity index (χ4v) is 3.82. The number of piperidine rings is 1. The molecule has 1 aromatic rings. The van der Waals surface area contributed by atoms with E-state index in [-0.39, 0.29) is 56.9 Å². The van der Waals surface area contributed by atoms with Crippen molar-refractivity contribution in [3.63, 3.8) is 0 Å². The average Bonchev–Trinajstić information content (AvgIpc) is 3.19. The number of hydrogen-bond donors (Lipinski definition) is 2. The van der Waals surface area contributed by atoms with Crippen molar-refractivity contribution >= 4 is 29.3 Å². The van der Waals surface area contributed by atoms with Crippen LogP contribution in [0.3, 0.4) is 0 Å². The summed E-state index contributed by atoms with van der Waals surface area (Å²) in [5, 5.41) is 8.35. The number of ether oxygens (including phenoxy) is 4. The number of carbonyl (C=O) groups excluding carboxylic acids is 4. The molecule has 14 nitrogen and oxygen atoms in total. The molecule has 2 aliphatic heterocycles. The van der Waals surface area contributed by atoms with E-state index < -0.39 is 11.9 Å². The molecule has 1 saturated heterocycles. The number of imide groups is 1. The monoisotopic (exact) mass is 518 g/mol. The first-order chi connectivity index (χ1) is 18.0. The van der Waals surface area contributed by atoms with Gasteiger partial charge in [-0.05, 0) is 35.7 Å². The third-order valence-corrected chi connectivity index (χ3v) is 5.56. The van der Waals surface area contributed by atoms with Crippen molar-refractivity contribution in [1.82, 2.24) is 10.2 Å². The Hall–Kier alpha value is -3.55. The van der Waals surface area contributed by atoms with Crippen molar-refractivity contribution in [2.24, 2.45) is 5.11 Å². The minimum Gasteiger partial charge on any atom is -0.379 e. The van der Waals surface area contributed by atoms with Gasteiger partial charge in [0, 0.05) is 35.7 Å². The second-order valence-electron chi connectivity index (χ2n) is 8.16. The van der Waals surface area contributed by atoms with Crippen LogP contribution in [0.25, 0.3) is 10.4 Å². The number of nitrogens with one attached hydrogen (secondary N) is 2. The first-order valence-corrected chi connectivity index (χ1v) is 11.9. The topological polar surface area (TPSA) is 181 Å². The van der Waals surface area contributed by atoms with Crippen molar-refractivity contribution in [1.29, 1.82) is 0 Å². The number of amides is 4. The van der Waals surface area contributed by atoms with E-state index >= 15 is 0 Å². The Balaban J connectivity index is 1.27. The van der Waals surface area contributed by atoms with Crippen molar-refractivity contribution in [2.75, 3.05) is 64.7 Å². The van der Waals surface area contributed by atoms with Crippen LogP contribution in [0.2, 0.25) is 0 Å². The van der Waals surface area contributed by atoms with E-state index in [1.54, 1.807) is 18.2 Å². The van der Waals surface area contributed by atoms with Crippen molar-refractivity contribution < 1.29 is 38.1 Å². The van der Waals surface area contributed by atoms with E-state index in [2.05, 4.69) is 20.7 Å². The third-order valence-electron chi connectivity index (χ3n) is 5.56. The first-order valence-electron chi connectivity index (χ1n) is 11.9. The standard InChI is InChI=1S/C23H30N6O8/c24-28-25-5-6-34-7-8-35-9-10-36-11-12-37-15-21(31)26-17-1-2-18-16(13-17)14-29(23(18)33)19-3-4-20(30)27-22(19)32/h1-2,13,19H,3-12,14-15H2,(H,26,31)(H,27,30,32). The van der Waals surface area contributed by atoms with Crippen LogP contribution in [0.1, 0.15) is 28.8 Å². The minimum absolute atomic E-state index is 0.161. The van der Waals surface area contributed by atoms with Gasteiger partial charge in [0.2, 0.25) is 17.7 Å². The van der Waals surface area contributed by atoms with Gasteiger partial charge in [0.05, 0.1) is 46.2 Å². The van der Waals surface area contributed by atoms with Crippen LogP contribution in [-0.4, -0.2) is 94.0 Å². The zero-order valence-electron chi connectivity index (χ0n) is 20.3. The van der Waals surface area contributed by atoms with Gasteiger partial charge < -0.3 is 29.2 Å². The lowest BCUT2D eigenvalue weighted by Gasteiger charge is -2.29. The van der Waals surface area contributed by atoms with Crippen molar-refractivity contribution in [2.45, 2.75) is 25.4 Å². The number of benzene rings is 1. The Morgan fingerprint density at radius 3 is 2.41 bits per heavy atom. The molecule has 0 radical (unpaired) electrons. The predicted molar refractivity (Wildman–Crippen MR) is 128 cm³/mol. The van der Waals surface area contributed by atoms with E-state index in [0.717, 1.165) is 0 Å². The highest BCUT2D eigenvalue weighted by atomic mass is 16.6. The van der Waals surface area contributed by atoms with Crippen LogP contribution in [-0.2, 0) is 39.9 Å². The Labute approximate surface area is 213 Å². The lowest BCUT2D eigenvalue weighted by atomic mass is 10.0. The number of rotatable bonds is 16. The van der Waals surface area contributed by atoms with Gasteiger partial charge in [-0.3, -0.25) is 24.5 Å². The summed E-state index contributed by atoms with van der Waals surface area (Å²) in [5.41, 5.74) is 9.81. The van der Waals surface area contributed by atoms with Crippen LogP contribution in [0, 0.1) is 0 Å². The highest BCUT2D eigenvalue weighted by Gasteiger charge is 2.39. The van der Waals surface area contributed by atoms with Crippen LogP contribution in [0.4, 0.5) is 5.69 Å². The molecule has 0 aliphatic carbocycles. The summed E-state index contributed by atoms with van der Waals surface area (Å²) in [6.07, 6.45) is 0.479. The number of carbonyl (C=O) groups is 4. The highest BCUT2D eigenvalue weighted by molar-refractivity contribution is 6.05. The van der Waals surface area contributed by atoms with E-state index in [4.69, 9.17) is 24.5 Å². The molecule has 1 atom stereocenters. The molecule has 0 saturated carbocycles. The molecular weight excluding hydrogens is 488 g/mol. The molecule has 1 aromatic carbocycles. The van der Waals surface area contributed by atoms with E-state index in [0.29, 0.717) is 56.5 Å². The molecule has 14 heteroatoms. The lowest BCUT2D eigenvalue weighted by Crippen LogP contribution is -2.52. The highest BCUT2D eigenvalue weighted by Crippen LogP contribution is 2.29. The third kappa shape index (κ3) is 8.81. The summed E-state index contributed by atoms with van der Waals surface area (Å²) in [5.74, 6) is -1.43. The van der Waals surface area contributed by atoms with E-state index in [1.165, 1.54) is 4.90 Å². The van der Waals surface area contributed by atoms with Crippen LogP contribution in [0.15, 0.2) is 23.3 Å². The summed E-state index contributed by atoms with van der Waals surface area (Å²) >= 11 is 0. The molecule has 0 bridgehead atoms. The van der Waals surface area contributed by atoms with Gasteiger partial charge in [-0.25, -0.2) is 0 Å². The molecule has 4 amide bonds. The van der Waals surface area contributed by atoms with Gasteiger partial charge in [-0.15, -0.1) is 0 Å². The number of nitrogens with zero attached hydrogens (tertiary/aromatic N) is 4. The fraction of sp³-hybridized carbons (Fsp3) is 0.565. The smallest absolute Gasteiger partial charge is 0.255 e. The molecule has 200 valence electrons. The summed E-state index contributed by atoms with van der Waals surface area (Å²) in [6, 6.07) is 4.25. The van der Waals surface area contributed by atoms with E-state index in [9.17, 15) is 19.2 Å². The maximum Gasteiger partial charge on any atom is 0.255 e. The normalized spacial score (nSPS) is 16.8. The van der Waals surface area contributed by atoms with Gasteiger partial charge in [0.1, 0.15) is 12.6 Å². The van der Waals surface area contributed by atoms with Crippen molar-refractivity contribution in [3.8, 4) is 0 Å². The van der Waals surface area contributed by atoms with Gasteiger partial charge in [-0.1, -0.05) is 5.11 Å². The summed E-state index contributed by atoms with van der Waals surface area (Å²) in [7, 11) is 0. The number of fused-ring (bicyclic) bond motifs is 1. The van der Waals surface area contributed by atoms with Gasteiger partial charge in [-0.2, -0.15) is 0 Å². The Morgan fingerprint density at radius 2 is 1.73 bits per heavy atom. The van der Waals surface area contributed by atoms with Crippen LogP contribution >= 0.6 is 0 Å². The van der Waals surface area contributed by atoms with Gasteiger partial charge in [0.25, 0.3) is 5.91 Å². The minimum atomic E-state index is -0.687. The summed E-state index contributed by atoms with van der Waals surface area (Å²) in [4.78, 5) is 52.5. The molecule has 2 heterocycles. The van der Waals surface area contributed by atoms with Crippen LogP contribution < -0.4 is 10.6 Å². The summed E-state index contributed by atoms with van der Waals surface area (Å²) < 4.78 is 21.2. The van der Waals surface area contributed by atoms with Gasteiger partial charge >= 0.3 is 0 Å². The molecule has 2 N–H and O–H groups in total. The zero-order valence-corrected chi connectivity index (χ0v) is 20.3. The Morgan fingerprint density at radius 1 is 1.05 bits per heavy atom. The lowest BCUT2D eigenvalue weighted by molar-refractivity contribution is -0.137. The quantitative estimate of drug-likeness (QED) is 0.106. The molecule has 37 heavy (non-hydrogen) atoms. The average molecular weight is 519 g/mol. The first kappa shape index (κ1) is 28.0. The molecule has 0 aromatic heterocycles. The Bertz CT molecular complexity index is 1030. The largest absolute Gasteiger partial charge is 0.379 e. The van der Waals surface area contributed by atoms with Gasteiger partial charge in [0.15, 0.2) is 0 Å². The predicted octanol–water partition coefficient (Wildman–Crippen LogP) is 0.763.